The summed E-state index contributed by atoms with van der Waals surface area (Å²) in [6.45, 7) is 10.8. The van der Waals surface area contributed by atoms with Crippen molar-refractivity contribution >= 4 is 17.5 Å². The third kappa shape index (κ3) is 5.32. The van der Waals surface area contributed by atoms with Crippen LogP contribution in [0.4, 0.5) is 5.69 Å². The van der Waals surface area contributed by atoms with E-state index in [2.05, 4.69) is 31.4 Å². The van der Waals surface area contributed by atoms with Gasteiger partial charge < -0.3 is 10.6 Å². The van der Waals surface area contributed by atoms with Crippen molar-refractivity contribution in [2.75, 3.05) is 5.32 Å². The minimum absolute atomic E-state index is 0.112. The Hall–Kier alpha value is -1.84. The van der Waals surface area contributed by atoms with Gasteiger partial charge in [-0.15, -0.1) is 0 Å². The van der Waals surface area contributed by atoms with Crippen LogP contribution in [0, 0.1) is 25.2 Å². The van der Waals surface area contributed by atoms with Gasteiger partial charge in [-0.2, -0.15) is 0 Å². The first-order valence-electron chi connectivity index (χ1n) is 9.41. The van der Waals surface area contributed by atoms with Crippen LogP contribution < -0.4 is 10.6 Å². The maximum atomic E-state index is 12.2. The molecule has 2 rings (SSSR count). The monoisotopic (exact) mass is 344 g/mol. The van der Waals surface area contributed by atoms with Crippen molar-refractivity contribution in [3.8, 4) is 0 Å². The fourth-order valence-electron chi connectivity index (χ4n) is 3.79. The van der Waals surface area contributed by atoms with Gasteiger partial charge in [0.2, 0.25) is 0 Å². The molecular weight excluding hydrogens is 312 g/mol. The Bertz CT molecular complexity index is 609. The Morgan fingerprint density at radius 2 is 1.56 bits per heavy atom. The van der Waals surface area contributed by atoms with Crippen molar-refractivity contribution in [2.24, 2.45) is 11.3 Å². The molecule has 2 N–H and O–H groups in total. The number of nitrogens with one attached hydrogen (secondary N) is 2. The van der Waals surface area contributed by atoms with Crippen LogP contribution in [0.3, 0.4) is 0 Å². The van der Waals surface area contributed by atoms with E-state index in [1.807, 2.05) is 32.0 Å². The Labute approximate surface area is 151 Å². The predicted molar refractivity (Wildman–Crippen MR) is 103 cm³/mol. The lowest BCUT2D eigenvalue weighted by Gasteiger charge is -2.39. The second kappa shape index (κ2) is 8.03. The highest BCUT2D eigenvalue weighted by Gasteiger charge is 2.32. The van der Waals surface area contributed by atoms with Crippen LogP contribution in [-0.4, -0.2) is 17.9 Å². The molecule has 25 heavy (non-hydrogen) atoms. The summed E-state index contributed by atoms with van der Waals surface area (Å²) in [7, 11) is 0. The van der Waals surface area contributed by atoms with Gasteiger partial charge in [-0.05, 0) is 74.1 Å². The third-order valence-corrected chi connectivity index (χ3v) is 5.76. The molecule has 0 spiro atoms. The molecule has 0 radical (unpaired) electrons. The molecular formula is C21H32N2O2. The number of carbonyl (C=O) groups excluding carboxylic acids is 2. The SMILES string of the molecule is CCC(C)(C)C1CCC(NC(=O)C(=O)Nc2cc(C)cc(C)c2)CC1. The van der Waals surface area contributed by atoms with E-state index >= 15 is 0 Å². The molecule has 1 aliphatic rings. The van der Waals surface area contributed by atoms with E-state index in [0.717, 1.165) is 36.8 Å². The molecule has 1 saturated carbocycles. The van der Waals surface area contributed by atoms with Gasteiger partial charge in [-0.1, -0.05) is 33.3 Å². The lowest BCUT2D eigenvalue weighted by atomic mass is 9.69. The molecule has 1 aliphatic carbocycles. The van der Waals surface area contributed by atoms with E-state index in [1.165, 1.54) is 6.42 Å². The van der Waals surface area contributed by atoms with Crippen molar-refractivity contribution in [1.29, 1.82) is 0 Å². The second-order valence-electron chi connectivity index (χ2n) is 8.19. The third-order valence-electron chi connectivity index (χ3n) is 5.76. The molecule has 138 valence electrons. The Kier molecular flexibility index (Phi) is 6.26. The summed E-state index contributed by atoms with van der Waals surface area (Å²) in [5.74, 6) is -0.409. The number of rotatable bonds is 4. The summed E-state index contributed by atoms with van der Waals surface area (Å²) in [5.41, 5.74) is 3.15. The van der Waals surface area contributed by atoms with E-state index in [9.17, 15) is 9.59 Å². The summed E-state index contributed by atoms with van der Waals surface area (Å²) >= 11 is 0. The highest BCUT2D eigenvalue weighted by molar-refractivity contribution is 6.39. The Morgan fingerprint density at radius 3 is 2.08 bits per heavy atom. The molecule has 2 amide bonds. The fraction of sp³-hybridized carbons (Fsp3) is 0.619. The zero-order valence-electron chi connectivity index (χ0n) is 16.2. The molecule has 0 aromatic heterocycles. The molecule has 0 saturated heterocycles. The van der Waals surface area contributed by atoms with Crippen LogP contribution in [0.5, 0.6) is 0 Å². The molecule has 0 aliphatic heterocycles. The molecule has 1 fully saturated rings. The van der Waals surface area contributed by atoms with Crippen molar-refractivity contribution in [1.82, 2.24) is 5.32 Å². The number of carbonyl (C=O) groups is 2. The molecule has 0 bridgehead atoms. The van der Waals surface area contributed by atoms with E-state index in [1.54, 1.807) is 0 Å². The van der Waals surface area contributed by atoms with Crippen LogP contribution in [-0.2, 0) is 9.59 Å². The van der Waals surface area contributed by atoms with E-state index in [-0.39, 0.29) is 6.04 Å². The van der Waals surface area contributed by atoms with Crippen LogP contribution in [0.25, 0.3) is 0 Å². The lowest BCUT2D eigenvalue weighted by molar-refractivity contribution is -0.136. The molecule has 4 heteroatoms. The average Bonchev–Trinajstić information content (AvgIpc) is 2.54. The minimum atomic E-state index is -0.582. The molecule has 4 nitrogen and oxygen atoms in total. The number of hydrogen-bond acceptors (Lipinski definition) is 2. The van der Waals surface area contributed by atoms with Gasteiger partial charge in [0.05, 0.1) is 0 Å². The van der Waals surface area contributed by atoms with Gasteiger partial charge in [0, 0.05) is 11.7 Å². The molecule has 0 atom stereocenters. The fourth-order valence-corrected chi connectivity index (χ4v) is 3.79. The summed E-state index contributed by atoms with van der Waals surface area (Å²) in [6.07, 6.45) is 5.31. The number of anilines is 1. The molecule has 1 aromatic carbocycles. The van der Waals surface area contributed by atoms with E-state index < -0.39 is 11.8 Å². The Balaban J connectivity index is 1.85. The predicted octanol–water partition coefficient (Wildman–Crippen LogP) is 4.35. The van der Waals surface area contributed by atoms with E-state index in [4.69, 9.17) is 0 Å². The van der Waals surface area contributed by atoms with Crippen LogP contribution >= 0.6 is 0 Å². The van der Waals surface area contributed by atoms with Gasteiger partial charge in [0.1, 0.15) is 0 Å². The number of hydrogen-bond donors (Lipinski definition) is 2. The van der Waals surface area contributed by atoms with Gasteiger partial charge >= 0.3 is 11.8 Å². The minimum Gasteiger partial charge on any atom is -0.345 e. The number of aryl methyl sites for hydroxylation is 2. The maximum Gasteiger partial charge on any atom is 0.313 e. The standard InChI is InChI=1S/C21H32N2O2/c1-6-21(4,5)16-7-9-17(10-8-16)22-19(24)20(25)23-18-12-14(2)11-15(3)13-18/h11-13,16-17H,6-10H2,1-5H3,(H,22,24)(H,23,25). The molecule has 0 unspecified atom stereocenters. The van der Waals surface area contributed by atoms with Crippen molar-refractivity contribution in [3.63, 3.8) is 0 Å². The normalized spacial score (nSPS) is 20.8. The first-order valence-corrected chi connectivity index (χ1v) is 9.41. The quantitative estimate of drug-likeness (QED) is 0.798. The highest BCUT2D eigenvalue weighted by Crippen LogP contribution is 2.40. The van der Waals surface area contributed by atoms with Crippen LogP contribution in [0.2, 0.25) is 0 Å². The smallest absolute Gasteiger partial charge is 0.313 e. The van der Waals surface area contributed by atoms with Crippen molar-refractivity contribution < 1.29 is 9.59 Å². The summed E-state index contributed by atoms with van der Waals surface area (Å²) in [4.78, 5) is 24.4. The van der Waals surface area contributed by atoms with Gasteiger partial charge in [-0.3, -0.25) is 9.59 Å². The summed E-state index contributed by atoms with van der Waals surface area (Å²) < 4.78 is 0. The molecule has 0 heterocycles. The molecule has 1 aromatic rings. The second-order valence-corrected chi connectivity index (χ2v) is 8.19. The topological polar surface area (TPSA) is 58.2 Å². The van der Waals surface area contributed by atoms with Crippen molar-refractivity contribution in [2.45, 2.75) is 72.8 Å². The summed E-state index contributed by atoms with van der Waals surface area (Å²) in [5, 5.41) is 5.61. The Morgan fingerprint density at radius 1 is 1.00 bits per heavy atom. The number of benzene rings is 1. The van der Waals surface area contributed by atoms with Crippen LogP contribution in [0.1, 0.15) is 64.0 Å². The summed E-state index contributed by atoms with van der Waals surface area (Å²) in [6, 6.07) is 5.89. The first kappa shape index (κ1) is 19.5. The zero-order chi connectivity index (χ0) is 18.6. The van der Waals surface area contributed by atoms with Crippen molar-refractivity contribution in [3.05, 3.63) is 29.3 Å². The number of amides is 2. The first-order chi connectivity index (χ1) is 11.7. The van der Waals surface area contributed by atoms with Gasteiger partial charge in [-0.25, -0.2) is 0 Å². The largest absolute Gasteiger partial charge is 0.345 e. The van der Waals surface area contributed by atoms with Crippen LogP contribution in [0.15, 0.2) is 18.2 Å². The van der Waals surface area contributed by atoms with Gasteiger partial charge in [0.15, 0.2) is 0 Å². The average molecular weight is 344 g/mol. The van der Waals surface area contributed by atoms with Gasteiger partial charge in [0.25, 0.3) is 0 Å². The lowest BCUT2D eigenvalue weighted by Crippen LogP contribution is -2.44. The maximum absolute atomic E-state index is 12.2. The highest BCUT2D eigenvalue weighted by atomic mass is 16.2. The zero-order valence-corrected chi connectivity index (χ0v) is 16.2. The van der Waals surface area contributed by atoms with E-state index in [0.29, 0.717) is 17.0 Å².